The maximum absolute atomic E-state index is 13.8. The molecule has 0 aliphatic carbocycles. The van der Waals surface area contributed by atoms with E-state index in [2.05, 4.69) is 20.5 Å². The lowest BCUT2D eigenvalue weighted by Gasteiger charge is -2.28. The number of aryl methyl sites for hydroxylation is 1. The topological polar surface area (TPSA) is 97.5 Å². The third-order valence-corrected chi connectivity index (χ3v) is 9.07. The van der Waals surface area contributed by atoms with Crippen molar-refractivity contribution in [2.24, 2.45) is 0 Å². The molecule has 2 fully saturated rings. The normalized spacial score (nSPS) is 20.0. The van der Waals surface area contributed by atoms with E-state index in [1.54, 1.807) is 36.4 Å². The minimum Gasteiger partial charge on any atom is -0.358 e. The molecule has 1 aromatic heterocycles. The third-order valence-electron chi connectivity index (χ3n) is 9.07. The lowest BCUT2D eigenvalue weighted by molar-refractivity contribution is -0.110. The predicted molar refractivity (Wildman–Crippen MR) is 165 cm³/mol. The van der Waals surface area contributed by atoms with Crippen LogP contribution >= 0.6 is 0 Å². The predicted octanol–water partition coefficient (Wildman–Crippen LogP) is 5.45. The van der Waals surface area contributed by atoms with E-state index in [9.17, 15) is 18.8 Å². The van der Waals surface area contributed by atoms with Crippen LogP contribution in [0.4, 0.5) is 10.1 Å². The van der Waals surface area contributed by atoms with Crippen LogP contribution in [0.2, 0.25) is 0 Å². The summed E-state index contributed by atoms with van der Waals surface area (Å²) in [5.41, 5.74) is 5.82. The molecule has 2 atom stereocenters. The average molecular weight is 584 g/mol. The molecule has 0 bridgehead atoms. The van der Waals surface area contributed by atoms with Crippen molar-refractivity contribution in [1.29, 1.82) is 0 Å². The second-order valence-electron chi connectivity index (χ2n) is 12.0. The lowest BCUT2D eigenvalue weighted by Crippen LogP contribution is -2.42. The van der Waals surface area contributed by atoms with E-state index in [0.717, 1.165) is 55.8 Å². The first-order valence-corrected chi connectivity index (χ1v) is 15.2. The number of H-pyrrole nitrogens is 1. The summed E-state index contributed by atoms with van der Waals surface area (Å²) < 4.78 is 13.3. The first-order chi connectivity index (χ1) is 20.7. The Morgan fingerprint density at radius 2 is 1.81 bits per heavy atom. The molecule has 8 nitrogen and oxygen atoms in total. The van der Waals surface area contributed by atoms with Crippen LogP contribution in [0.3, 0.4) is 0 Å². The average Bonchev–Trinajstić information content (AvgIpc) is 3.78. The molecule has 2 aromatic carbocycles. The summed E-state index contributed by atoms with van der Waals surface area (Å²) >= 11 is 0. The summed E-state index contributed by atoms with van der Waals surface area (Å²) in [7, 11) is 0. The van der Waals surface area contributed by atoms with Gasteiger partial charge in [0, 0.05) is 47.3 Å². The Kier molecular flexibility index (Phi) is 7.92. The highest BCUT2D eigenvalue weighted by Crippen LogP contribution is 2.35. The molecule has 2 saturated heterocycles. The van der Waals surface area contributed by atoms with Crippen LogP contribution in [0, 0.1) is 19.7 Å². The molecule has 3 aliphatic heterocycles. The van der Waals surface area contributed by atoms with Gasteiger partial charge in [-0.3, -0.25) is 14.4 Å². The number of aromatic amines is 1. The number of benzene rings is 2. The maximum atomic E-state index is 13.8. The van der Waals surface area contributed by atoms with E-state index in [0.29, 0.717) is 33.6 Å². The SMILES string of the molecule is Cc1[nH]c(/C=C2\C(=O)Nc3ccc(C(=O)N[C@@H](C)c4ccc(F)cc4)cc32)c(C)c1C(=O)N1CCC[C@H]1CN1CCCC1. The molecule has 0 unspecified atom stereocenters. The van der Waals surface area contributed by atoms with Crippen LogP contribution in [-0.4, -0.2) is 64.7 Å². The highest BCUT2D eigenvalue weighted by Gasteiger charge is 2.34. The van der Waals surface area contributed by atoms with Gasteiger partial charge in [-0.25, -0.2) is 4.39 Å². The van der Waals surface area contributed by atoms with Crippen LogP contribution in [0.1, 0.15) is 87.4 Å². The fourth-order valence-corrected chi connectivity index (χ4v) is 6.67. The van der Waals surface area contributed by atoms with E-state index in [1.165, 1.54) is 25.0 Å². The van der Waals surface area contributed by atoms with Gasteiger partial charge in [0.2, 0.25) is 0 Å². The van der Waals surface area contributed by atoms with Crippen molar-refractivity contribution >= 4 is 35.1 Å². The number of rotatable bonds is 7. The molecule has 0 spiro atoms. The van der Waals surface area contributed by atoms with E-state index < -0.39 is 0 Å². The number of amides is 3. The fourth-order valence-electron chi connectivity index (χ4n) is 6.67. The zero-order valence-corrected chi connectivity index (χ0v) is 24.9. The van der Waals surface area contributed by atoms with Crippen molar-refractivity contribution in [3.8, 4) is 0 Å². The van der Waals surface area contributed by atoms with Crippen molar-refractivity contribution in [1.82, 2.24) is 20.1 Å². The first-order valence-electron chi connectivity index (χ1n) is 15.2. The Bertz CT molecular complexity index is 1600. The zero-order valence-electron chi connectivity index (χ0n) is 24.9. The smallest absolute Gasteiger partial charge is 0.256 e. The number of aromatic nitrogens is 1. The highest BCUT2D eigenvalue weighted by molar-refractivity contribution is 6.35. The summed E-state index contributed by atoms with van der Waals surface area (Å²) in [5, 5.41) is 5.83. The fraction of sp³-hybridized carbons (Fsp3) is 0.382. The number of carbonyl (C=O) groups excluding carboxylic acids is 3. The van der Waals surface area contributed by atoms with Gasteiger partial charge in [-0.2, -0.15) is 0 Å². The minimum atomic E-state index is -0.334. The standard InChI is InChI=1S/C34H38FN5O3/c1-20-30(36-22(3)31(20)34(43)40-16-6-7-26(40)19-39-14-4-5-15-39)18-28-27-17-24(10-13-29(27)38-33(28)42)32(41)37-21(2)23-8-11-25(35)12-9-23/h8-13,17-18,21,26,36H,4-7,14-16,19H2,1-3H3,(H,37,41)(H,38,42)/b28-18-/t21-,26-/m0/s1. The summed E-state index contributed by atoms with van der Waals surface area (Å²) in [6.45, 7) is 9.57. The van der Waals surface area contributed by atoms with Crippen molar-refractivity contribution in [2.75, 3.05) is 31.5 Å². The van der Waals surface area contributed by atoms with E-state index in [1.807, 2.05) is 25.7 Å². The van der Waals surface area contributed by atoms with Gasteiger partial charge in [0.05, 0.1) is 17.2 Å². The number of nitrogens with zero attached hydrogens (tertiary/aromatic N) is 2. The summed E-state index contributed by atoms with van der Waals surface area (Å²) in [6.07, 6.45) is 6.27. The molecule has 3 N–H and O–H groups in total. The Labute approximate surface area is 251 Å². The number of carbonyl (C=O) groups is 3. The van der Waals surface area contributed by atoms with Crippen LogP contribution in [0.25, 0.3) is 11.6 Å². The Hall–Kier alpha value is -4.24. The van der Waals surface area contributed by atoms with Crippen LogP contribution in [0.5, 0.6) is 0 Å². The Morgan fingerprint density at radius 1 is 1.07 bits per heavy atom. The van der Waals surface area contributed by atoms with Crippen molar-refractivity contribution in [2.45, 2.75) is 58.5 Å². The zero-order chi connectivity index (χ0) is 30.2. The summed E-state index contributed by atoms with van der Waals surface area (Å²) in [4.78, 5) is 47.9. The molecule has 6 rings (SSSR count). The molecule has 3 amide bonds. The molecular weight excluding hydrogens is 545 g/mol. The molecule has 0 saturated carbocycles. The van der Waals surface area contributed by atoms with Crippen LogP contribution < -0.4 is 10.6 Å². The summed E-state index contributed by atoms with van der Waals surface area (Å²) in [6, 6.07) is 11.0. The minimum absolute atomic E-state index is 0.0445. The van der Waals surface area contributed by atoms with Gasteiger partial charge < -0.3 is 25.4 Å². The monoisotopic (exact) mass is 583 g/mol. The summed E-state index contributed by atoms with van der Waals surface area (Å²) in [5.74, 6) is -0.855. The van der Waals surface area contributed by atoms with Gasteiger partial charge in [-0.1, -0.05) is 12.1 Å². The molecular formula is C34H38FN5O3. The van der Waals surface area contributed by atoms with Crippen molar-refractivity contribution in [3.63, 3.8) is 0 Å². The number of halogens is 1. The van der Waals surface area contributed by atoms with Gasteiger partial charge in [0.25, 0.3) is 17.7 Å². The molecule has 9 heteroatoms. The second-order valence-corrected chi connectivity index (χ2v) is 12.0. The van der Waals surface area contributed by atoms with E-state index >= 15 is 0 Å². The van der Waals surface area contributed by atoms with Gasteiger partial charge in [0.1, 0.15) is 5.82 Å². The Balaban J connectivity index is 1.23. The Morgan fingerprint density at radius 3 is 2.56 bits per heavy atom. The maximum Gasteiger partial charge on any atom is 0.256 e. The van der Waals surface area contributed by atoms with Crippen molar-refractivity contribution < 1.29 is 18.8 Å². The van der Waals surface area contributed by atoms with Crippen LogP contribution in [0.15, 0.2) is 42.5 Å². The number of nitrogens with one attached hydrogen (secondary N) is 3. The number of likely N-dealkylation sites (tertiary alicyclic amines) is 2. The van der Waals surface area contributed by atoms with Gasteiger partial charge in [-0.05, 0) is 107 Å². The first kappa shape index (κ1) is 28.9. The van der Waals surface area contributed by atoms with Crippen LogP contribution in [-0.2, 0) is 4.79 Å². The molecule has 4 heterocycles. The lowest BCUT2D eigenvalue weighted by atomic mass is 10.0. The molecule has 224 valence electrons. The largest absolute Gasteiger partial charge is 0.358 e. The molecule has 0 radical (unpaired) electrons. The number of anilines is 1. The third kappa shape index (κ3) is 5.73. The quantitative estimate of drug-likeness (QED) is 0.322. The van der Waals surface area contributed by atoms with Gasteiger partial charge in [-0.15, -0.1) is 0 Å². The van der Waals surface area contributed by atoms with E-state index in [4.69, 9.17) is 0 Å². The molecule has 43 heavy (non-hydrogen) atoms. The molecule has 3 aromatic rings. The molecule has 3 aliphatic rings. The van der Waals surface area contributed by atoms with E-state index in [-0.39, 0.29) is 35.6 Å². The van der Waals surface area contributed by atoms with Gasteiger partial charge >= 0.3 is 0 Å². The number of hydrogen-bond donors (Lipinski definition) is 3. The van der Waals surface area contributed by atoms with Crippen molar-refractivity contribution in [3.05, 3.63) is 87.5 Å². The second kappa shape index (κ2) is 11.8. The highest BCUT2D eigenvalue weighted by atomic mass is 19.1. The van der Waals surface area contributed by atoms with Gasteiger partial charge in [0.15, 0.2) is 0 Å². The number of hydrogen-bond acceptors (Lipinski definition) is 4. The number of fused-ring (bicyclic) bond motifs is 1.